The second-order valence-electron chi connectivity index (χ2n) is 5.46. The van der Waals surface area contributed by atoms with Gasteiger partial charge in [-0.25, -0.2) is 4.98 Å². The van der Waals surface area contributed by atoms with Crippen molar-refractivity contribution in [1.82, 2.24) is 10.3 Å². The number of nitrogens with two attached hydrogens (primary N) is 1. The lowest BCUT2D eigenvalue weighted by Gasteiger charge is -2.23. The van der Waals surface area contributed by atoms with Crippen molar-refractivity contribution in [2.75, 3.05) is 0 Å². The van der Waals surface area contributed by atoms with Crippen LogP contribution in [0.1, 0.15) is 37.7 Å². The molecule has 114 valence electrons. The molecule has 0 saturated heterocycles. The number of carbonyl (C=O) groups excluding carboxylic acids is 2. The van der Waals surface area contributed by atoms with Gasteiger partial charge in [0.25, 0.3) is 0 Å². The molecule has 2 rings (SSSR count). The van der Waals surface area contributed by atoms with Crippen LogP contribution in [0, 0.1) is 5.92 Å². The number of carbonyl (C=O) groups is 2. The van der Waals surface area contributed by atoms with Crippen LogP contribution in [0.3, 0.4) is 0 Å². The minimum absolute atomic E-state index is 0.0120. The number of hydrogen-bond acceptors (Lipinski definition) is 3. The van der Waals surface area contributed by atoms with E-state index in [1.807, 2.05) is 6.07 Å². The van der Waals surface area contributed by atoms with E-state index in [-0.39, 0.29) is 11.8 Å². The van der Waals surface area contributed by atoms with Crippen molar-refractivity contribution >= 4 is 27.7 Å². The Morgan fingerprint density at radius 3 is 2.71 bits per heavy atom. The fraction of sp³-hybridized carbons (Fsp3) is 0.533. The second kappa shape index (κ2) is 7.54. The first-order valence-corrected chi connectivity index (χ1v) is 8.06. The molecule has 1 aliphatic rings. The highest BCUT2D eigenvalue weighted by atomic mass is 79.9. The average Bonchev–Trinajstić information content (AvgIpc) is 2.49. The minimum atomic E-state index is -0.695. The number of primary amides is 1. The van der Waals surface area contributed by atoms with Gasteiger partial charge in [-0.2, -0.15) is 0 Å². The van der Waals surface area contributed by atoms with Crippen LogP contribution in [-0.4, -0.2) is 22.8 Å². The van der Waals surface area contributed by atoms with E-state index in [1.165, 1.54) is 6.42 Å². The predicted molar refractivity (Wildman–Crippen MR) is 83.3 cm³/mol. The fourth-order valence-electron chi connectivity index (χ4n) is 2.67. The first-order chi connectivity index (χ1) is 10.1. The van der Waals surface area contributed by atoms with Gasteiger partial charge in [0.15, 0.2) is 0 Å². The van der Waals surface area contributed by atoms with Gasteiger partial charge in [0, 0.05) is 18.5 Å². The normalized spacial score (nSPS) is 17.2. The van der Waals surface area contributed by atoms with Crippen LogP contribution < -0.4 is 11.1 Å². The maximum absolute atomic E-state index is 12.2. The topological polar surface area (TPSA) is 85.1 Å². The molecule has 0 radical (unpaired) electrons. The fourth-order valence-corrected chi connectivity index (χ4v) is 3.08. The van der Waals surface area contributed by atoms with Gasteiger partial charge in [0.2, 0.25) is 11.8 Å². The van der Waals surface area contributed by atoms with Crippen molar-refractivity contribution < 1.29 is 9.59 Å². The number of amides is 2. The summed E-state index contributed by atoms with van der Waals surface area (Å²) in [7, 11) is 0. The molecule has 0 bridgehead atoms. The van der Waals surface area contributed by atoms with E-state index in [2.05, 4.69) is 26.2 Å². The van der Waals surface area contributed by atoms with Gasteiger partial charge in [-0.3, -0.25) is 9.59 Å². The Morgan fingerprint density at radius 2 is 2.10 bits per heavy atom. The molecule has 0 unspecified atom stereocenters. The van der Waals surface area contributed by atoms with Gasteiger partial charge in [0.1, 0.15) is 10.6 Å². The lowest BCUT2D eigenvalue weighted by Crippen LogP contribution is -2.48. The minimum Gasteiger partial charge on any atom is -0.368 e. The van der Waals surface area contributed by atoms with Crippen molar-refractivity contribution in [2.24, 2.45) is 11.7 Å². The molecule has 1 heterocycles. The molecule has 1 saturated carbocycles. The molecule has 0 aliphatic heterocycles. The highest BCUT2D eigenvalue weighted by Gasteiger charge is 2.26. The Morgan fingerprint density at radius 1 is 1.38 bits per heavy atom. The summed E-state index contributed by atoms with van der Waals surface area (Å²) in [6.45, 7) is 0. The molecular weight excluding hydrogens is 334 g/mol. The zero-order chi connectivity index (χ0) is 15.2. The molecular formula is C15H20BrN3O2. The molecule has 0 aromatic carbocycles. The van der Waals surface area contributed by atoms with E-state index in [0.717, 1.165) is 31.2 Å². The molecule has 1 aliphatic carbocycles. The predicted octanol–water partition coefficient (Wildman–Crippen LogP) is 1.94. The Kier molecular flexibility index (Phi) is 5.73. The monoisotopic (exact) mass is 353 g/mol. The molecule has 1 fully saturated rings. The van der Waals surface area contributed by atoms with Crippen molar-refractivity contribution in [3.8, 4) is 0 Å². The number of nitrogens with zero attached hydrogens (tertiary/aromatic N) is 1. The van der Waals surface area contributed by atoms with Crippen LogP contribution in [-0.2, 0) is 16.0 Å². The Bertz CT molecular complexity index is 515. The number of nitrogens with one attached hydrogen (secondary N) is 1. The summed E-state index contributed by atoms with van der Waals surface area (Å²) < 4.78 is 0.670. The Hall–Kier alpha value is -1.43. The number of aromatic nitrogens is 1. The molecule has 1 aromatic rings. The van der Waals surface area contributed by atoms with Crippen molar-refractivity contribution in [1.29, 1.82) is 0 Å². The number of pyridine rings is 1. The maximum Gasteiger partial charge on any atom is 0.240 e. The lowest BCUT2D eigenvalue weighted by molar-refractivity contribution is -0.130. The molecule has 21 heavy (non-hydrogen) atoms. The molecule has 0 spiro atoms. The van der Waals surface area contributed by atoms with Crippen LogP contribution in [0.2, 0.25) is 0 Å². The van der Waals surface area contributed by atoms with Crippen LogP contribution in [0.15, 0.2) is 22.9 Å². The first kappa shape index (κ1) is 15.9. The number of halogens is 1. The van der Waals surface area contributed by atoms with E-state index >= 15 is 0 Å². The summed E-state index contributed by atoms with van der Waals surface area (Å²) in [6, 6.07) is 2.96. The first-order valence-electron chi connectivity index (χ1n) is 7.27. The third kappa shape index (κ3) is 4.52. The molecule has 1 aromatic heterocycles. The van der Waals surface area contributed by atoms with Gasteiger partial charge >= 0.3 is 0 Å². The average molecular weight is 354 g/mol. The zero-order valence-corrected chi connectivity index (χ0v) is 13.4. The van der Waals surface area contributed by atoms with Gasteiger partial charge in [0.05, 0.1) is 0 Å². The highest BCUT2D eigenvalue weighted by Crippen LogP contribution is 2.24. The van der Waals surface area contributed by atoms with Crippen molar-refractivity contribution in [3.63, 3.8) is 0 Å². The summed E-state index contributed by atoms with van der Waals surface area (Å²) in [5, 5.41) is 2.80. The van der Waals surface area contributed by atoms with Crippen molar-refractivity contribution in [3.05, 3.63) is 28.5 Å². The van der Waals surface area contributed by atoms with E-state index in [9.17, 15) is 9.59 Å². The lowest BCUT2D eigenvalue weighted by atomic mass is 9.88. The Balaban J connectivity index is 2.00. The quantitative estimate of drug-likeness (QED) is 0.793. The van der Waals surface area contributed by atoms with E-state index < -0.39 is 11.9 Å². The SMILES string of the molecule is NC(=O)[C@H](Cc1cccnc1Br)NC(=O)C1CCCCC1. The third-order valence-electron chi connectivity index (χ3n) is 3.90. The van der Waals surface area contributed by atoms with Crippen LogP contribution >= 0.6 is 15.9 Å². The molecule has 5 nitrogen and oxygen atoms in total. The maximum atomic E-state index is 12.2. The zero-order valence-electron chi connectivity index (χ0n) is 11.8. The van der Waals surface area contributed by atoms with Crippen LogP contribution in [0.4, 0.5) is 0 Å². The van der Waals surface area contributed by atoms with E-state index in [4.69, 9.17) is 5.73 Å². The van der Waals surface area contributed by atoms with Gasteiger partial charge < -0.3 is 11.1 Å². The number of hydrogen-bond donors (Lipinski definition) is 2. The summed E-state index contributed by atoms with van der Waals surface area (Å²) in [5.41, 5.74) is 6.28. The summed E-state index contributed by atoms with van der Waals surface area (Å²) in [6.07, 6.45) is 7.14. The van der Waals surface area contributed by atoms with E-state index in [1.54, 1.807) is 12.3 Å². The number of rotatable bonds is 5. The Labute approximate surface area is 132 Å². The van der Waals surface area contributed by atoms with Gasteiger partial charge in [-0.15, -0.1) is 0 Å². The largest absolute Gasteiger partial charge is 0.368 e. The highest BCUT2D eigenvalue weighted by molar-refractivity contribution is 9.10. The molecule has 6 heteroatoms. The summed E-state index contributed by atoms with van der Waals surface area (Å²) in [4.78, 5) is 28.0. The van der Waals surface area contributed by atoms with Gasteiger partial charge in [-0.1, -0.05) is 25.3 Å². The molecule has 2 amide bonds. The van der Waals surface area contributed by atoms with E-state index in [0.29, 0.717) is 11.0 Å². The standard InChI is InChI=1S/C15H20BrN3O2/c16-13-11(7-4-8-18-13)9-12(14(17)20)19-15(21)10-5-2-1-3-6-10/h4,7-8,10,12H,1-3,5-6,9H2,(H2,17,20)(H,19,21)/t12-/m0/s1. The van der Waals surface area contributed by atoms with Crippen LogP contribution in [0.5, 0.6) is 0 Å². The second-order valence-corrected chi connectivity index (χ2v) is 6.21. The third-order valence-corrected chi connectivity index (χ3v) is 4.61. The van der Waals surface area contributed by atoms with Gasteiger partial charge in [-0.05, 0) is 40.4 Å². The summed E-state index contributed by atoms with van der Waals surface area (Å²) in [5.74, 6) is -0.564. The molecule has 1 atom stereocenters. The smallest absolute Gasteiger partial charge is 0.240 e. The van der Waals surface area contributed by atoms with Crippen molar-refractivity contribution in [2.45, 2.75) is 44.6 Å². The molecule has 3 N–H and O–H groups in total. The van der Waals surface area contributed by atoms with Crippen LogP contribution in [0.25, 0.3) is 0 Å². The summed E-state index contributed by atoms with van der Waals surface area (Å²) >= 11 is 3.34.